The molecule has 7 heterocycles. The molecule has 3 amide bonds. The minimum atomic E-state index is -3.49. The summed E-state index contributed by atoms with van der Waals surface area (Å²) in [4.78, 5) is 64.7. The molecule has 27 N–H and O–H groups in total. The summed E-state index contributed by atoms with van der Waals surface area (Å²) in [5.74, 6) is -14.1. The lowest BCUT2D eigenvalue weighted by atomic mass is 9.88. The average molecular weight is 1450 g/mol. The lowest BCUT2D eigenvalue weighted by Crippen LogP contribution is -2.72. The molecule has 0 saturated carbocycles. The van der Waals surface area contributed by atoms with Crippen molar-refractivity contribution in [1.82, 2.24) is 16.0 Å². The van der Waals surface area contributed by atoms with Crippen LogP contribution >= 0.6 is 0 Å². The fourth-order valence-electron chi connectivity index (χ4n) is 12.5. The number of ether oxygens (including phenoxy) is 13. The van der Waals surface area contributed by atoms with Crippen LogP contribution in [0.5, 0.6) is 0 Å². The summed E-state index contributed by atoms with van der Waals surface area (Å²) in [6.45, 7) is -5.72. The highest BCUT2D eigenvalue weighted by Gasteiger charge is 2.63. The van der Waals surface area contributed by atoms with E-state index in [9.17, 15) is 147 Å². The number of hydrogen-bond acceptors (Lipinski definition) is 40. The number of amides is 3. The van der Waals surface area contributed by atoms with Gasteiger partial charge < -0.3 is 200 Å². The molecular formula is C54H89N3O42. The molecule has 37 atom stereocenters. The molecule has 99 heavy (non-hydrogen) atoms. The molecule has 0 aromatic heterocycles. The molecule has 45 nitrogen and oxygen atoms in total. The number of aliphatic hydroxyl groups excluding tert-OH is 22. The van der Waals surface area contributed by atoms with Crippen molar-refractivity contribution < 1.29 is 208 Å². The Hall–Kier alpha value is -4.05. The van der Waals surface area contributed by atoms with Crippen molar-refractivity contribution in [2.24, 2.45) is 0 Å². The van der Waals surface area contributed by atoms with Gasteiger partial charge in [-0.25, -0.2) is 9.59 Å². The van der Waals surface area contributed by atoms with E-state index in [0.717, 1.165) is 20.8 Å². The molecule has 45 heteroatoms. The Balaban J connectivity index is 1.23. The first-order valence-electron chi connectivity index (χ1n) is 30.9. The number of carbonyl (C=O) groups is 5. The van der Waals surface area contributed by atoms with Crippen molar-refractivity contribution in [2.75, 3.05) is 46.2 Å². The first-order chi connectivity index (χ1) is 46.5. The van der Waals surface area contributed by atoms with E-state index >= 15 is 0 Å². The minimum Gasteiger partial charge on any atom is -0.477 e. The van der Waals surface area contributed by atoms with Gasteiger partial charge in [-0.05, 0) is 0 Å². The molecule has 7 fully saturated rings. The third kappa shape index (κ3) is 17.9. The SMILES string of the molecule is CC(=O)N[C@H]1[C@H](O[C@H]2[C@@H](O)[C@@H](CO)O[C@H](O[C@@H]3[C@H](O)[C@@H](O)[C@H](O[C@H]4[C@H](O)[C@@H](O)[C@H](O)O[C@@H]4CO)O[C@@H]3CO)[C@@H]2O)O[C@H](CO)[C@H](O)[C@@H]1O[C@@H]1O[C@H](CO[C@]2(C(=O)O)C[C@H](O)[C@@H](NC(C)=O)[C@H]([C@H](O)[C@H](O)CO)O2)[C@H](O)[C@H](O[C@]2(C(=O)O)C[C@H](O)[C@@H](NC(C)=O)[C@H]([C@H](O)[C@H](O)CO)O2)[C@H]1O. The van der Waals surface area contributed by atoms with Crippen molar-refractivity contribution in [2.45, 2.75) is 260 Å². The number of hydrogen-bond donors (Lipinski definition) is 27. The van der Waals surface area contributed by atoms with Crippen molar-refractivity contribution in [1.29, 1.82) is 0 Å². The van der Waals surface area contributed by atoms with E-state index in [-0.39, 0.29) is 0 Å². The molecule has 0 radical (unpaired) electrons. The van der Waals surface area contributed by atoms with E-state index < -0.39 is 315 Å². The van der Waals surface area contributed by atoms with Crippen molar-refractivity contribution in [3.8, 4) is 0 Å². The fraction of sp³-hybridized carbons (Fsp3) is 0.907. The topological polar surface area (TPSA) is 727 Å². The van der Waals surface area contributed by atoms with E-state index in [0.29, 0.717) is 0 Å². The zero-order valence-electron chi connectivity index (χ0n) is 52.7. The van der Waals surface area contributed by atoms with E-state index in [2.05, 4.69) is 16.0 Å². The molecule has 7 aliphatic rings. The molecule has 0 aliphatic carbocycles. The second-order valence-corrected chi connectivity index (χ2v) is 24.7. The van der Waals surface area contributed by atoms with Gasteiger partial charge in [0.05, 0.1) is 70.5 Å². The van der Waals surface area contributed by atoms with Gasteiger partial charge in [-0.2, -0.15) is 0 Å². The van der Waals surface area contributed by atoms with Crippen LogP contribution in [0.1, 0.15) is 33.6 Å². The summed E-state index contributed by atoms with van der Waals surface area (Å²) in [7, 11) is 0. The molecular weight excluding hydrogens is 1360 g/mol. The average Bonchev–Trinajstić information content (AvgIpc) is 0.759. The Morgan fingerprint density at radius 1 is 0.414 bits per heavy atom. The van der Waals surface area contributed by atoms with Gasteiger partial charge in [0.1, 0.15) is 159 Å². The monoisotopic (exact) mass is 1450 g/mol. The summed E-state index contributed by atoms with van der Waals surface area (Å²) >= 11 is 0. The smallest absolute Gasteiger partial charge is 0.364 e. The van der Waals surface area contributed by atoms with Crippen LogP contribution in [0.25, 0.3) is 0 Å². The Labute approximate surface area is 558 Å². The molecule has 7 saturated heterocycles. The summed E-state index contributed by atoms with van der Waals surface area (Å²) in [6, 6.07) is -5.74. The van der Waals surface area contributed by atoms with Gasteiger partial charge >= 0.3 is 11.9 Å². The van der Waals surface area contributed by atoms with Gasteiger partial charge in [-0.15, -0.1) is 0 Å². The largest absolute Gasteiger partial charge is 0.477 e. The first-order valence-corrected chi connectivity index (χ1v) is 30.9. The van der Waals surface area contributed by atoms with Gasteiger partial charge in [0.25, 0.3) is 11.6 Å². The van der Waals surface area contributed by atoms with Crippen LogP contribution in [0.3, 0.4) is 0 Å². The summed E-state index contributed by atoms with van der Waals surface area (Å²) in [5.41, 5.74) is 0. The van der Waals surface area contributed by atoms with E-state index in [1.807, 2.05) is 0 Å². The van der Waals surface area contributed by atoms with Crippen LogP contribution in [0.15, 0.2) is 0 Å². The predicted octanol–water partition coefficient (Wildman–Crippen LogP) is -17.4. The molecule has 0 unspecified atom stereocenters. The Kier molecular flexibility index (Phi) is 28.8. The fourth-order valence-corrected chi connectivity index (χ4v) is 12.5. The summed E-state index contributed by atoms with van der Waals surface area (Å²) in [5, 5.41) is 269. The Morgan fingerprint density at radius 3 is 1.24 bits per heavy atom. The predicted molar refractivity (Wildman–Crippen MR) is 301 cm³/mol. The molecule has 0 bridgehead atoms. The maximum atomic E-state index is 13.6. The van der Waals surface area contributed by atoms with Crippen LogP contribution in [0.4, 0.5) is 0 Å². The van der Waals surface area contributed by atoms with Crippen molar-refractivity contribution >= 4 is 29.7 Å². The highest BCUT2D eigenvalue weighted by atomic mass is 16.8. The minimum absolute atomic E-state index is 0.851. The molecule has 0 aromatic rings. The normalized spacial score (nSPS) is 45.7. The van der Waals surface area contributed by atoms with Gasteiger partial charge in [0, 0.05) is 33.6 Å². The second-order valence-electron chi connectivity index (χ2n) is 24.7. The molecule has 0 aromatic carbocycles. The summed E-state index contributed by atoms with van der Waals surface area (Å²) < 4.78 is 74.6. The lowest BCUT2D eigenvalue weighted by Gasteiger charge is -2.52. The zero-order chi connectivity index (χ0) is 73.8. The number of carbonyl (C=O) groups excluding carboxylic acids is 3. The third-order valence-electron chi connectivity index (χ3n) is 17.7. The first kappa shape index (κ1) is 82.2. The number of carboxylic acid groups (broad SMARTS) is 2. The number of carboxylic acids is 2. The summed E-state index contributed by atoms with van der Waals surface area (Å²) in [6.07, 6.45) is -73.4. The Morgan fingerprint density at radius 2 is 0.778 bits per heavy atom. The number of aliphatic carboxylic acids is 2. The number of aliphatic hydroxyl groups is 22. The highest BCUT2D eigenvalue weighted by molar-refractivity contribution is 5.77. The molecule has 0 spiro atoms. The van der Waals surface area contributed by atoms with Crippen LogP contribution < -0.4 is 16.0 Å². The Bertz CT molecular complexity index is 2640. The van der Waals surface area contributed by atoms with Gasteiger partial charge in [0.15, 0.2) is 31.5 Å². The highest BCUT2D eigenvalue weighted by Crippen LogP contribution is 2.42. The van der Waals surface area contributed by atoms with E-state index in [4.69, 9.17) is 61.6 Å². The standard InChI is InChI=1S/C54H89N3O42/c1-13(64)55-25-16(67)4-53(51(83)84,97-42(25)28(71)18(69)6-58)87-12-24-32(75)45(99-54(52(85)86)5-17(68)26(56-14(2)65)43(98-54)29(72)19(70)7-59)38(81)50(92-24)95-41-27(57-15(3)66)47(89-20(8-60)30(41)73)96-44-31(74)21(9-61)90-49(37(44)80)94-40-23(11-63)91-48(36(79)34(40)77)93-39-22(10-62)88-46(82)35(78)33(39)76/h16-50,58-63,67-82H,4-12H2,1-3H3,(H,55,64)(H,56,65)(H,57,66)(H,83,84)(H,85,86)/t16-,17-,18+,19+,20+,21+,22+,23+,24+,25+,26+,27+,28+,29+,30-,31-,32-,33+,34+,35+,36+,37+,38+,39+,40-,41+,42+,43+,44-,45-,46+,47-,48-,49+,50-,53+,54-/m0/s1. The van der Waals surface area contributed by atoms with Crippen LogP contribution in [0.2, 0.25) is 0 Å². The lowest BCUT2D eigenvalue weighted by molar-refractivity contribution is -0.394. The second kappa shape index (κ2) is 34.7. The van der Waals surface area contributed by atoms with E-state index in [1.165, 1.54) is 0 Å². The molecule has 7 aliphatic heterocycles. The molecule has 7 rings (SSSR count). The third-order valence-corrected chi connectivity index (χ3v) is 17.7. The van der Waals surface area contributed by atoms with Gasteiger partial charge in [-0.1, -0.05) is 0 Å². The van der Waals surface area contributed by atoms with E-state index in [1.54, 1.807) is 0 Å². The van der Waals surface area contributed by atoms with Crippen LogP contribution in [-0.4, -0.2) is 424 Å². The number of rotatable bonds is 28. The van der Waals surface area contributed by atoms with Gasteiger partial charge in [-0.3, -0.25) is 14.4 Å². The van der Waals surface area contributed by atoms with Crippen molar-refractivity contribution in [3.05, 3.63) is 0 Å². The van der Waals surface area contributed by atoms with Crippen LogP contribution in [-0.2, 0) is 85.6 Å². The van der Waals surface area contributed by atoms with Crippen LogP contribution in [0, 0.1) is 0 Å². The van der Waals surface area contributed by atoms with Crippen molar-refractivity contribution in [3.63, 3.8) is 0 Å². The maximum Gasteiger partial charge on any atom is 0.364 e. The maximum absolute atomic E-state index is 13.6. The quantitative estimate of drug-likeness (QED) is 0.0346. The molecule has 572 valence electrons. The number of nitrogens with one attached hydrogen (secondary N) is 3. The zero-order valence-corrected chi connectivity index (χ0v) is 52.7. The van der Waals surface area contributed by atoms with Gasteiger partial charge in [0.2, 0.25) is 17.7 Å².